The van der Waals surface area contributed by atoms with Crippen molar-refractivity contribution in [1.82, 2.24) is 5.32 Å². The summed E-state index contributed by atoms with van der Waals surface area (Å²) in [4.78, 5) is 0. The second-order valence-corrected chi connectivity index (χ2v) is 3.77. The van der Waals surface area contributed by atoms with Crippen molar-refractivity contribution in [2.24, 2.45) is 0 Å². The number of furan rings is 1. The minimum Gasteiger partial charge on any atom is -0.465 e. The van der Waals surface area contributed by atoms with Gasteiger partial charge in [0, 0.05) is 6.61 Å². The van der Waals surface area contributed by atoms with Gasteiger partial charge in [0.05, 0.1) is 12.1 Å². The average Bonchev–Trinajstić information content (AvgIpc) is 2.79. The van der Waals surface area contributed by atoms with Crippen LogP contribution in [0.15, 0.2) is 16.5 Å². The number of ether oxygens (including phenoxy) is 1. The number of likely N-dealkylation sites (N-methyl/N-ethyl adjacent to an activating group) is 1. The maximum absolute atomic E-state index is 5.65. The van der Waals surface area contributed by atoms with Crippen molar-refractivity contribution in [2.75, 3.05) is 13.7 Å². The molecule has 0 bridgehead atoms. The molecule has 2 heterocycles. The highest BCUT2D eigenvalue weighted by Gasteiger charge is 2.27. The summed E-state index contributed by atoms with van der Waals surface area (Å²) >= 11 is 0. The van der Waals surface area contributed by atoms with Crippen LogP contribution in [0, 0.1) is 6.92 Å². The second-order valence-electron chi connectivity index (χ2n) is 3.77. The van der Waals surface area contributed by atoms with E-state index in [1.54, 1.807) is 0 Å². The molecule has 1 aliphatic heterocycles. The Kier molecular flexibility index (Phi) is 2.89. The summed E-state index contributed by atoms with van der Waals surface area (Å²) in [5.41, 5.74) is 0. The summed E-state index contributed by atoms with van der Waals surface area (Å²) < 4.78 is 11.3. The third kappa shape index (κ3) is 1.83. The summed E-state index contributed by atoms with van der Waals surface area (Å²) in [6, 6.07) is 4.22. The Morgan fingerprint density at radius 2 is 2.36 bits per heavy atom. The maximum Gasteiger partial charge on any atom is 0.123 e. The van der Waals surface area contributed by atoms with Crippen molar-refractivity contribution in [3.63, 3.8) is 0 Å². The van der Waals surface area contributed by atoms with Crippen LogP contribution in [0.3, 0.4) is 0 Å². The highest BCUT2D eigenvalue weighted by molar-refractivity contribution is 5.11. The molecule has 1 aliphatic rings. The SMILES string of the molecule is CNC(c1ccc(C)o1)C1CCCO1. The Hall–Kier alpha value is -0.800. The first-order valence-corrected chi connectivity index (χ1v) is 5.16. The van der Waals surface area contributed by atoms with E-state index in [2.05, 4.69) is 5.32 Å². The van der Waals surface area contributed by atoms with Crippen LogP contribution in [0.5, 0.6) is 0 Å². The Bertz CT molecular complexity index is 289. The molecule has 0 radical (unpaired) electrons. The van der Waals surface area contributed by atoms with Crippen LogP contribution in [-0.2, 0) is 4.74 Å². The van der Waals surface area contributed by atoms with Crippen LogP contribution in [0.4, 0.5) is 0 Å². The van der Waals surface area contributed by atoms with Crippen molar-refractivity contribution in [1.29, 1.82) is 0 Å². The van der Waals surface area contributed by atoms with E-state index in [1.165, 1.54) is 0 Å². The highest BCUT2D eigenvalue weighted by Crippen LogP contribution is 2.27. The standard InChI is InChI=1S/C11H17NO2/c1-8-5-6-10(14-8)11(12-2)9-4-3-7-13-9/h5-6,9,11-12H,3-4,7H2,1-2H3. The van der Waals surface area contributed by atoms with Gasteiger partial charge >= 0.3 is 0 Å². The van der Waals surface area contributed by atoms with E-state index < -0.39 is 0 Å². The van der Waals surface area contributed by atoms with Gasteiger partial charge in [-0.25, -0.2) is 0 Å². The molecule has 1 N–H and O–H groups in total. The fraction of sp³-hybridized carbons (Fsp3) is 0.636. The van der Waals surface area contributed by atoms with E-state index in [9.17, 15) is 0 Å². The molecule has 3 heteroatoms. The molecule has 0 amide bonds. The number of aryl methyl sites for hydroxylation is 1. The molecule has 2 unspecified atom stereocenters. The number of hydrogen-bond donors (Lipinski definition) is 1. The monoisotopic (exact) mass is 195 g/mol. The molecule has 1 saturated heterocycles. The lowest BCUT2D eigenvalue weighted by Crippen LogP contribution is -2.28. The minimum atomic E-state index is 0.200. The molecule has 3 nitrogen and oxygen atoms in total. The van der Waals surface area contributed by atoms with Crippen LogP contribution in [-0.4, -0.2) is 19.8 Å². The molecule has 78 valence electrons. The zero-order valence-corrected chi connectivity index (χ0v) is 8.75. The molecule has 0 saturated carbocycles. The highest BCUT2D eigenvalue weighted by atomic mass is 16.5. The quantitative estimate of drug-likeness (QED) is 0.801. The zero-order valence-electron chi connectivity index (χ0n) is 8.75. The van der Waals surface area contributed by atoms with Crippen LogP contribution < -0.4 is 5.32 Å². The van der Waals surface area contributed by atoms with Gasteiger partial charge in [0.25, 0.3) is 0 Å². The number of rotatable bonds is 3. The van der Waals surface area contributed by atoms with Gasteiger partial charge in [0.1, 0.15) is 11.5 Å². The van der Waals surface area contributed by atoms with Crippen LogP contribution >= 0.6 is 0 Å². The molecule has 0 aliphatic carbocycles. The van der Waals surface area contributed by atoms with Gasteiger partial charge in [0.2, 0.25) is 0 Å². The van der Waals surface area contributed by atoms with Gasteiger partial charge in [-0.3, -0.25) is 0 Å². The predicted molar refractivity (Wildman–Crippen MR) is 54.2 cm³/mol. The normalized spacial score (nSPS) is 24.0. The van der Waals surface area contributed by atoms with Crippen molar-refractivity contribution < 1.29 is 9.15 Å². The molecule has 2 atom stereocenters. The first-order valence-electron chi connectivity index (χ1n) is 5.16. The summed E-state index contributed by atoms with van der Waals surface area (Å²) in [5, 5.41) is 3.25. The van der Waals surface area contributed by atoms with E-state index in [0.29, 0.717) is 0 Å². The largest absolute Gasteiger partial charge is 0.465 e. The Balaban J connectivity index is 2.12. The van der Waals surface area contributed by atoms with Crippen LogP contribution in [0.2, 0.25) is 0 Å². The Morgan fingerprint density at radius 1 is 1.50 bits per heavy atom. The minimum absolute atomic E-state index is 0.200. The zero-order chi connectivity index (χ0) is 9.97. The molecular formula is C11H17NO2. The van der Waals surface area contributed by atoms with Gasteiger partial charge in [0.15, 0.2) is 0 Å². The molecule has 2 rings (SSSR count). The van der Waals surface area contributed by atoms with E-state index in [0.717, 1.165) is 31.0 Å². The van der Waals surface area contributed by atoms with E-state index in [4.69, 9.17) is 9.15 Å². The van der Waals surface area contributed by atoms with Crippen molar-refractivity contribution >= 4 is 0 Å². The van der Waals surface area contributed by atoms with Gasteiger partial charge in [-0.1, -0.05) is 0 Å². The molecule has 1 aromatic rings. The average molecular weight is 195 g/mol. The lowest BCUT2D eigenvalue weighted by molar-refractivity contribution is 0.0736. The van der Waals surface area contributed by atoms with E-state index in [1.807, 2.05) is 26.1 Å². The summed E-state index contributed by atoms with van der Waals surface area (Å²) in [6.45, 7) is 2.84. The van der Waals surface area contributed by atoms with Crippen LogP contribution in [0.25, 0.3) is 0 Å². The van der Waals surface area contributed by atoms with Crippen molar-refractivity contribution in [3.05, 3.63) is 23.7 Å². The maximum atomic E-state index is 5.65. The van der Waals surface area contributed by atoms with E-state index >= 15 is 0 Å². The summed E-state index contributed by atoms with van der Waals surface area (Å²) in [6.07, 6.45) is 2.54. The summed E-state index contributed by atoms with van der Waals surface area (Å²) in [7, 11) is 1.95. The first-order chi connectivity index (χ1) is 6.81. The molecule has 0 spiro atoms. The van der Waals surface area contributed by atoms with Gasteiger partial charge in [-0.15, -0.1) is 0 Å². The lowest BCUT2D eigenvalue weighted by Gasteiger charge is -2.20. The van der Waals surface area contributed by atoms with Crippen molar-refractivity contribution in [2.45, 2.75) is 31.9 Å². The van der Waals surface area contributed by atoms with Crippen LogP contribution in [0.1, 0.15) is 30.4 Å². The van der Waals surface area contributed by atoms with E-state index in [-0.39, 0.29) is 12.1 Å². The Morgan fingerprint density at radius 3 is 2.86 bits per heavy atom. The molecule has 14 heavy (non-hydrogen) atoms. The van der Waals surface area contributed by atoms with Gasteiger partial charge < -0.3 is 14.5 Å². The topological polar surface area (TPSA) is 34.4 Å². The fourth-order valence-electron chi connectivity index (χ4n) is 2.00. The molecule has 0 aromatic carbocycles. The van der Waals surface area contributed by atoms with Crippen molar-refractivity contribution in [3.8, 4) is 0 Å². The third-order valence-corrected chi connectivity index (χ3v) is 2.72. The predicted octanol–water partition coefficient (Wildman–Crippen LogP) is 2.03. The lowest BCUT2D eigenvalue weighted by atomic mass is 10.1. The third-order valence-electron chi connectivity index (χ3n) is 2.72. The molecule has 1 fully saturated rings. The molecule has 1 aromatic heterocycles. The Labute approximate surface area is 84.4 Å². The smallest absolute Gasteiger partial charge is 0.123 e. The molecular weight excluding hydrogens is 178 g/mol. The first kappa shape index (κ1) is 9.74. The number of hydrogen-bond acceptors (Lipinski definition) is 3. The number of nitrogens with one attached hydrogen (secondary N) is 1. The van der Waals surface area contributed by atoms with Gasteiger partial charge in [-0.05, 0) is 38.9 Å². The van der Waals surface area contributed by atoms with Gasteiger partial charge in [-0.2, -0.15) is 0 Å². The second kappa shape index (κ2) is 4.15. The fourth-order valence-corrected chi connectivity index (χ4v) is 2.00. The summed E-state index contributed by atoms with van der Waals surface area (Å²) in [5.74, 6) is 1.94.